The molecule has 0 bridgehead atoms. The maximum atomic E-state index is 12.3. The van der Waals surface area contributed by atoms with Crippen LogP contribution in [0.3, 0.4) is 0 Å². The van der Waals surface area contributed by atoms with Crippen molar-refractivity contribution in [3.8, 4) is 12.1 Å². The zero-order valence-corrected chi connectivity index (χ0v) is 26.7. The zero-order valence-electron chi connectivity index (χ0n) is 26.7. The first-order valence-corrected chi connectivity index (χ1v) is 15.9. The lowest BCUT2D eigenvalue weighted by molar-refractivity contribution is 0.0508. The van der Waals surface area contributed by atoms with E-state index in [1.807, 2.05) is 26.8 Å². The van der Waals surface area contributed by atoms with Crippen LogP contribution < -0.4 is 19.9 Å². The van der Waals surface area contributed by atoms with E-state index in [4.69, 9.17) is 19.4 Å². The molecule has 2 amide bonds. The minimum Gasteiger partial charge on any atom is -0.465 e. The fourth-order valence-electron chi connectivity index (χ4n) is 6.32. The Labute approximate surface area is 268 Å². The van der Waals surface area contributed by atoms with Gasteiger partial charge in [0.25, 0.3) is 0 Å². The van der Waals surface area contributed by atoms with Gasteiger partial charge in [-0.1, -0.05) is 36.4 Å². The van der Waals surface area contributed by atoms with Gasteiger partial charge in [-0.2, -0.15) is 15.2 Å². The number of rotatable bonds is 8. The molecule has 12 nitrogen and oxygen atoms in total. The number of benzene rings is 2. The second-order valence-electron chi connectivity index (χ2n) is 13.5. The Morgan fingerprint density at radius 2 is 1.87 bits per heavy atom. The summed E-state index contributed by atoms with van der Waals surface area (Å²) in [5.41, 5.74) is 2.24. The van der Waals surface area contributed by atoms with Crippen LogP contribution in [-0.2, 0) is 17.7 Å². The van der Waals surface area contributed by atoms with E-state index in [2.05, 4.69) is 57.6 Å². The quantitative estimate of drug-likeness (QED) is 0.352. The summed E-state index contributed by atoms with van der Waals surface area (Å²) in [7, 11) is 0. The third-order valence-corrected chi connectivity index (χ3v) is 8.96. The summed E-state index contributed by atoms with van der Waals surface area (Å²) < 4.78 is 11.7. The smallest absolute Gasteiger partial charge is 0.407 e. The maximum Gasteiger partial charge on any atom is 0.407 e. The molecular weight excluding hydrogens is 586 g/mol. The van der Waals surface area contributed by atoms with E-state index >= 15 is 0 Å². The van der Waals surface area contributed by atoms with Gasteiger partial charge in [-0.3, -0.25) is 0 Å². The standard InChI is InChI=1S/C34H41N7O5/c1-33(2,3)46-31(42)36-21-34(13-14-34)22-45-30-37-27-20-39(28-10-6-8-23-7-4-5-9-25(23)28)16-12-26(27)29(38-30)40-17-18-41(32(43)44)24(19-40)11-15-35/h4-10,24H,11-14,16-22H2,1-3H3,(H,36,42)(H,43,44). The van der Waals surface area contributed by atoms with E-state index in [1.165, 1.54) is 15.7 Å². The molecule has 1 saturated carbocycles. The van der Waals surface area contributed by atoms with E-state index in [9.17, 15) is 20.0 Å². The van der Waals surface area contributed by atoms with Crippen LogP contribution in [0.5, 0.6) is 6.01 Å². The highest BCUT2D eigenvalue weighted by Gasteiger charge is 2.44. The van der Waals surface area contributed by atoms with Crippen molar-refractivity contribution in [3.63, 3.8) is 0 Å². The van der Waals surface area contributed by atoms with Crippen molar-refractivity contribution >= 4 is 34.5 Å². The lowest BCUT2D eigenvalue weighted by Gasteiger charge is -2.41. The molecule has 1 aliphatic carbocycles. The Morgan fingerprint density at radius 3 is 2.61 bits per heavy atom. The second-order valence-corrected chi connectivity index (χ2v) is 13.5. The zero-order chi connectivity index (χ0) is 32.5. The van der Waals surface area contributed by atoms with Crippen LogP contribution in [0.2, 0.25) is 0 Å². The number of nitrogens with one attached hydrogen (secondary N) is 1. The number of anilines is 2. The van der Waals surface area contributed by atoms with E-state index in [0.717, 1.165) is 42.1 Å². The van der Waals surface area contributed by atoms with Crippen molar-refractivity contribution in [2.24, 2.45) is 5.41 Å². The fourth-order valence-corrected chi connectivity index (χ4v) is 6.32. The number of ether oxygens (including phenoxy) is 2. The van der Waals surface area contributed by atoms with E-state index in [0.29, 0.717) is 39.2 Å². The number of nitrogens with zero attached hydrogens (tertiary/aromatic N) is 6. The number of alkyl carbamates (subject to hydrolysis) is 1. The van der Waals surface area contributed by atoms with Crippen molar-refractivity contribution in [2.75, 3.05) is 49.1 Å². The molecule has 46 heavy (non-hydrogen) atoms. The van der Waals surface area contributed by atoms with Crippen LogP contribution in [0.25, 0.3) is 10.8 Å². The number of amides is 2. The maximum absolute atomic E-state index is 12.3. The average molecular weight is 628 g/mol. The highest BCUT2D eigenvalue weighted by atomic mass is 16.6. The van der Waals surface area contributed by atoms with Gasteiger partial charge < -0.3 is 34.6 Å². The highest BCUT2D eigenvalue weighted by Crippen LogP contribution is 2.45. The molecule has 2 aromatic carbocycles. The van der Waals surface area contributed by atoms with Crippen molar-refractivity contribution in [1.82, 2.24) is 20.2 Å². The Morgan fingerprint density at radius 1 is 1.09 bits per heavy atom. The van der Waals surface area contributed by atoms with E-state index in [-0.39, 0.29) is 24.4 Å². The molecular formula is C34H41N7O5. The predicted octanol–water partition coefficient (Wildman–Crippen LogP) is 4.96. The fraction of sp³-hybridized carbons (Fsp3) is 0.500. The highest BCUT2D eigenvalue weighted by molar-refractivity contribution is 5.94. The van der Waals surface area contributed by atoms with Crippen molar-refractivity contribution in [3.05, 3.63) is 53.7 Å². The van der Waals surface area contributed by atoms with Gasteiger partial charge in [0, 0.05) is 54.8 Å². The molecule has 3 aromatic rings. The number of hydrogen-bond donors (Lipinski definition) is 2. The van der Waals surface area contributed by atoms with Crippen molar-refractivity contribution in [2.45, 2.75) is 64.6 Å². The molecule has 3 aliphatic rings. The van der Waals surface area contributed by atoms with Crippen LogP contribution in [0.4, 0.5) is 21.1 Å². The molecule has 1 aromatic heterocycles. The average Bonchev–Trinajstić information content (AvgIpc) is 3.81. The van der Waals surface area contributed by atoms with Gasteiger partial charge in [-0.15, -0.1) is 0 Å². The first-order valence-electron chi connectivity index (χ1n) is 15.9. The molecule has 1 unspecified atom stereocenters. The van der Waals surface area contributed by atoms with Crippen LogP contribution in [0, 0.1) is 16.7 Å². The number of carbonyl (C=O) groups is 2. The molecule has 6 rings (SSSR count). The molecule has 2 N–H and O–H groups in total. The number of piperazine rings is 1. The van der Waals surface area contributed by atoms with E-state index < -0.39 is 23.8 Å². The summed E-state index contributed by atoms with van der Waals surface area (Å²) in [6.45, 7) is 8.70. The molecule has 242 valence electrons. The molecule has 0 spiro atoms. The molecule has 1 atom stereocenters. The molecule has 2 fully saturated rings. The van der Waals surface area contributed by atoms with Crippen molar-refractivity contribution in [1.29, 1.82) is 5.26 Å². The monoisotopic (exact) mass is 627 g/mol. The summed E-state index contributed by atoms with van der Waals surface area (Å²) in [5, 5.41) is 24.4. The molecule has 3 heterocycles. The van der Waals surface area contributed by atoms with Gasteiger partial charge in [0.05, 0.1) is 37.4 Å². The Kier molecular flexibility index (Phi) is 8.51. The van der Waals surface area contributed by atoms with Crippen molar-refractivity contribution < 1.29 is 24.2 Å². The number of nitriles is 1. The Bertz CT molecular complexity index is 1660. The van der Waals surface area contributed by atoms with Gasteiger partial charge in [-0.25, -0.2) is 9.59 Å². The minimum atomic E-state index is -1.02. The van der Waals surface area contributed by atoms with Crippen LogP contribution in [0.15, 0.2) is 42.5 Å². The second kappa shape index (κ2) is 12.5. The SMILES string of the molecule is CC(C)(C)OC(=O)NCC1(COc2nc3c(c(N4CCN(C(=O)O)C(CC#N)C4)n2)CCN(c2cccc4ccccc24)C3)CC1. The molecule has 2 aliphatic heterocycles. The number of hydrogen-bond acceptors (Lipinski definition) is 9. The summed E-state index contributed by atoms with van der Waals surface area (Å²) >= 11 is 0. The number of carboxylic acid groups (broad SMARTS) is 1. The molecule has 12 heteroatoms. The summed E-state index contributed by atoms with van der Waals surface area (Å²) in [6.07, 6.45) is 1.15. The molecule has 1 saturated heterocycles. The van der Waals surface area contributed by atoms with Gasteiger partial charge in [-0.05, 0) is 51.5 Å². The van der Waals surface area contributed by atoms with Gasteiger partial charge in [0.2, 0.25) is 0 Å². The lowest BCUT2D eigenvalue weighted by atomic mass is 10.0. The lowest BCUT2D eigenvalue weighted by Crippen LogP contribution is -2.55. The van der Waals surface area contributed by atoms with Gasteiger partial charge in [0.15, 0.2) is 0 Å². The Hall–Kier alpha value is -4.79. The number of aromatic nitrogens is 2. The number of fused-ring (bicyclic) bond motifs is 2. The largest absolute Gasteiger partial charge is 0.465 e. The normalized spacial score (nSPS) is 18.8. The third kappa shape index (κ3) is 6.88. The van der Waals surface area contributed by atoms with Crippen LogP contribution >= 0.6 is 0 Å². The van der Waals surface area contributed by atoms with Gasteiger partial charge >= 0.3 is 18.2 Å². The van der Waals surface area contributed by atoms with Crippen LogP contribution in [-0.4, -0.2) is 83.1 Å². The third-order valence-electron chi connectivity index (χ3n) is 8.96. The summed E-state index contributed by atoms with van der Waals surface area (Å²) in [4.78, 5) is 39.8. The predicted molar refractivity (Wildman–Crippen MR) is 173 cm³/mol. The minimum absolute atomic E-state index is 0.0987. The topological polar surface area (TPSA) is 144 Å². The summed E-state index contributed by atoms with van der Waals surface area (Å²) in [6, 6.07) is 16.6. The van der Waals surface area contributed by atoms with Gasteiger partial charge in [0.1, 0.15) is 11.4 Å². The molecule has 0 radical (unpaired) electrons. The first kappa shape index (κ1) is 31.2. The van der Waals surface area contributed by atoms with E-state index in [1.54, 1.807) is 0 Å². The number of carbonyl (C=O) groups excluding carboxylic acids is 1. The first-order chi connectivity index (χ1) is 22.0. The van der Waals surface area contributed by atoms with Crippen LogP contribution in [0.1, 0.15) is 51.3 Å². The summed E-state index contributed by atoms with van der Waals surface area (Å²) in [5.74, 6) is 0.738. The Balaban J connectivity index is 1.26.